The average Bonchev–Trinajstić information content (AvgIpc) is 2.92. The molecule has 0 amide bonds. The molecule has 0 aromatic carbocycles. The van der Waals surface area contributed by atoms with Crippen molar-refractivity contribution in [2.24, 2.45) is 0 Å². The van der Waals surface area contributed by atoms with Gasteiger partial charge >= 0.3 is 11.9 Å². The van der Waals surface area contributed by atoms with Crippen molar-refractivity contribution >= 4 is 41.7 Å². The molecule has 0 aromatic heterocycles. The molecule has 0 aliphatic rings. The van der Waals surface area contributed by atoms with Crippen LogP contribution in [0.25, 0.3) is 0 Å². The summed E-state index contributed by atoms with van der Waals surface area (Å²) < 4.78 is 23.1. The van der Waals surface area contributed by atoms with Gasteiger partial charge in [0.05, 0.1) is 33.4 Å². The SMILES string of the molecule is C[N+](C)(C)CCOP(=S)([S-])OC[C@@H](COC(=O)CCCCCCCCCCO)OC(=O)CCCCCCCCCCO. The van der Waals surface area contributed by atoms with Crippen LogP contribution >= 0.6 is 5.69 Å². The van der Waals surface area contributed by atoms with Gasteiger partial charge in [-0.15, -0.1) is 0 Å². The predicted molar refractivity (Wildman–Crippen MR) is 175 cm³/mol. The van der Waals surface area contributed by atoms with E-state index < -0.39 is 11.8 Å². The summed E-state index contributed by atoms with van der Waals surface area (Å²) in [5.41, 5.74) is -2.96. The van der Waals surface area contributed by atoms with Crippen LogP contribution < -0.4 is 0 Å². The Balaban J connectivity index is 4.51. The van der Waals surface area contributed by atoms with Crippen LogP contribution in [0.2, 0.25) is 0 Å². The number of ether oxygens (including phenoxy) is 2. The largest absolute Gasteiger partial charge is 0.691 e. The van der Waals surface area contributed by atoms with Crippen LogP contribution in [0.1, 0.15) is 116 Å². The number of esters is 2. The Morgan fingerprint density at radius 1 is 0.690 bits per heavy atom. The van der Waals surface area contributed by atoms with Gasteiger partial charge in [0.1, 0.15) is 19.8 Å². The first-order valence-corrected chi connectivity index (χ1v) is 19.6. The Morgan fingerprint density at radius 2 is 1.12 bits per heavy atom. The van der Waals surface area contributed by atoms with E-state index in [-0.39, 0.29) is 44.8 Å². The second-order valence-corrected chi connectivity index (χ2v) is 17.0. The van der Waals surface area contributed by atoms with E-state index in [0.717, 1.165) is 109 Å². The summed E-state index contributed by atoms with van der Waals surface area (Å²) >= 11 is 10.7. The molecule has 0 aliphatic carbocycles. The van der Waals surface area contributed by atoms with E-state index in [2.05, 4.69) is 0 Å². The molecule has 0 aromatic rings. The molecule has 0 radical (unpaired) electrons. The Kier molecular flexibility index (Phi) is 26.9. The highest BCUT2D eigenvalue weighted by Gasteiger charge is 2.19. The van der Waals surface area contributed by atoms with Crippen LogP contribution in [0, 0.1) is 0 Å². The third-order valence-electron chi connectivity index (χ3n) is 6.74. The number of likely N-dealkylation sites (N-methyl/N-ethyl adjacent to an activating group) is 1. The summed E-state index contributed by atoms with van der Waals surface area (Å²) in [5, 5.41) is 17.7. The zero-order valence-electron chi connectivity index (χ0n) is 26.6. The van der Waals surface area contributed by atoms with Gasteiger partial charge in [0, 0.05) is 26.1 Å². The molecule has 0 fully saturated rings. The number of aliphatic hydroxyl groups excluding tert-OH is 2. The molecule has 0 aliphatic heterocycles. The minimum absolute atomic E-state index is 0.0751. The molecular formula is C30H60NO8PS2. The van der Waals surface area contributed by atoms with Gasteiger partial charge in [-0.05, 0) is 25.7 Å². The lowest BCUT2D eigenvalue weighted by atomic mass is 10.1. The molecule has 9 nitrogen and oxygen atoms in total. The monoisotopic (exact) mass is 657 g/mol. The minimum Gasteiger partial charge on any atom is -0.691 e. The van der Waals surface area contributed by atoms with Crippen molar-refractivity contribution in [1.82, 2.24) is 0 Å². The lowest BCUT2D eigenvalue weighted by molar-refractivity contribution is -0.870. The van der Waals surface area contributed by atoms with Crippen molar-refractivity contribution < 1.29 is 42.8 Å². The number of carbonyl (C=O) groups excluding carboxylic acids is 2. The Morgan fingerprint density at radius 3 is 1.57 bits per heavy atom. The summed E-state index contributed by atoms with van der Waals surface area (Å²) in [4.78, 5) is 24.9. The van der Waals surface area contributed by atoms with Crippen LogP contribution in [0.15, 0.2) is 0 Å². The molecule has 2 N–H and O–H groups in total. The molecule has 2 atom stereocenters. The molecule has 42 heavy (non-hydrogen) atoms. The maximum atomic E-state index is 12.5. The van der Waals surface area contributed by atoms with E-state index >= 15 is 0 Å². The van der Waals surface area contributed by atoms with Gasteiger partial charge in [-0.2, -0.15) is 0 Å². The van der Waals surface area contributed by atoms with Crippen LogP contribution in [0.4, 0.5) is 0 Å². The van der Waals surface area contributed by atoms with Crippen molar-refractivity contribution in [2.45, 2.75) is 122 Å². The first-order chi connectivity index (χ1) is 20.0. The molecule has 0 saturated heterocycles. The van der Waals surface area contributed by atoms with Gasteiger partial charge in [0.15, 0.2) is 6.10 Å². The topological polar surface area (TPSA) is 112 Å². The van der Waals surface area contributed by atoms with Gasteiger partial charge in [-0.3, -0.25) is 9.59 Å². The lowest BCUT2D eigenvalue weighted by Gasteiger charge is -2.32. The normalized spacial score (nSPS) is 14.0. The Labute approximate surface area is 266 Å². The van der Waals surface area contributed by atoms with Gasteiger partial charge < -0.3 is 45.5 Å². The number of nitrogens with zero attached hydrogens (tertiary/aromatic N) is 1. The number of aliphatic hydroxyl groups is 2. The van der Waals surface area contributed by atoms with Crippen molar-refractivity contribution in [1.29, 1.82) is 0 Å². The standard InChI is InChI=1S/C30H60NO8PS2/c1-31(2,3)22-25-37-40(41,42)38-27-28(39-30(35)21-17-13-9-5-7-11-15-19-24-33)26-36-29(34)20-16-12-8-4-6-10-14-18-23-32/h28,32-33H,4-27H2,1-3H3/t28-/m1/s1. The quantitative estimate of drug-likeness (QED) is 0.0316. The van der Waals surface area contributed by atoms with Crippen molar-refractivity contribution in [3.63, 3.8) is 0 Å². The molecule has 0 spiro atoms. The molecule has 0 rings (SSSR count). The van der Waals surface area contributed by atoms with Crippen LogP contribution in [0.5, 0.6) is 0 Å². The van der Waals surface area contributed by atoms with Gasteiger partial charge in [-0.25, -0.2) is 0 Å². The first kappa shape index (κ1) is 41.7. The molecule has 0 saturated carbocycles. The van der Waals surface area contributed by atoms with E-state index in [4.69, 9.17) is 52.8 Å². The molecule has 1 unspecified atom stereocenters. The Bertz CT molecular complexity index is 724. The average molecular weight is 658 g/mol. The van der Waals surface area contributed by atoms with E-state index in [1.54, 1.807) is 0 Å². The van der Waals surface area contributed by atoms with Gasteiger partial charge in [0.2, 0.25) is 0 Å². The summed E-state index contributed by atoms with van der Waals surface area (Å²) in [6.45, 7) is 1.43. The van der Waals surface area contributed by atoms with Crippen LogP contribution in [-0.4, -0.2) is 93.5 Å². The fourth-order valence-electron chi connectivity index (χ4n) is 4.14. The van der Waals surface area contributed by atoms with Gasteiger partial charge in [-0.1, -0.05) is 88.9 Å². The number of hydrogen-bond acceptors (Lipinski definition) is 10. The highest BCUT2D eigenvalue weighted by atomic mass is 32.9. The van der Waals surface area contributed by atoms with E-state index in [1.165, 1.54) is 0 Å². The fraction of sp³-hybridized carbons (Fsp3) is 0.933. The van der Waals surface area contributed by atoms with E-state index in [9.17, 15) is 9.59 Å². The third kappa shape index (κ3) is 29.8. The predicted octanol–water partition coefficient (Wildman–Crippen LogP) is 5.96. The molecule has 0 bridgehead atoms. The number of quaternary nitrogens is 1. The zero-order valence-corrected chi connectivity index (χ0v) is 29.1. The fourth-order valence-corrected chi connectivity index (χ4v) is 5.68. The highest BCUT2D eigenvalue weighted by Crippen LogP contribution is 2.46. The van der Waals surface area contributed by atoms with Crippen molar-refractivity contribution in [3.8, 4) is 0 Å². The summed E-state index contributed by atoms with van der Waals surface area (Å²) in [6, 6.07) is 0. The molecule has 12 heteroatoms. The summed E-state index contributed by atoms with van der Waals surface area (Å²) in [6.07, 6.45) is 16.0. The van der Waals surface area contributed by atoms with Crippen LogP contribution in [-0.2, 0) is 52.2 Å². The summed E-state index contributed by atoms with van der Waals surface area (Å²) in [5.74, 6) is -0.680. The second kappa shape index (κ2) is 27.1. The third-order valence-corrected chi connectivity index (χ3v) is 8.97. The van der Waals surface area contributed by atoms with E-state index in [1.807, 2.05) is 21.1 Å². The van der Waals surface area contributed by atoms with E-state index in [0.29, 0.717) is 17.5 Å². The zero-order chi connectivity index (χ0) is 31.5. The van der Waals surface area contributed by atoms with Gasteiger partial charge in [0.25, 0.3) is 0 Å². The van der Waals surface area contributed by atoms with Crippen molar-refractivity contribution in [3.05, 3.63) is 0 Å². The number of carbonyl (C=O) groups is 2. The minimum atomic E-state index is -2.96. The number of unbranched alkanes of at least 4 members (excludes halogenated alkanes) is 14. The molecular weight excluding hydrogens is 597 g/mol. The number of rotatable bonds is 30. The maximum absolute atomic E-state index is 12.5. The second-order valence-electron chi connectivity index (χ2n) is 12.0. The van der Waals surface area contributed by atoms with Crippen LogP contribution in [0.3, 0.4) is 0 Å². The summed E-state index contributed by atoms with van der Waals surface area (Å²) in [7, 11) is 6.13. The smallest absolute Gasteiger partial charge is 0.306 e. The first-order valence-electron chi connectivity index (χ1n) is 16.0. The molecule has 0 heterocycles. The van der Waals surface area contributed by atoms with Crippen molar-refractivity contribution in [2.75, 3.05) is 60.7 Å². The molecule has 250 valence electrons. The lowest BCUT2D eigenvalue weighted by Crippen LogP contribution is -2.37. The maximum Gasteiger partial charge on any atom is 0.306 e. The Hall–Kier alpha value is -0.260. The highest BCUT2D eigenvalue weighted by molar-refractivity contribution is 8.51. The number of hydrogen-bond donors (Lipinski definition) is 2.